The molecule has 1 aromatic rings. The van der Waals surface area contributed by atoms with Crippen LogP contribution < -0.4 is 0 Å². The van der Waals surface area contributed by atoms with E-state index in [-0.39, 0.29) is 24.3 Å². The van der Waals surface area contributed by atoms with Crippen LogP contribution in [0, 0.1) is 0 Å². The summed E-state index contributed by atoms with van der Waals surface area (Å²) in [5.74, 6) is 1.81. The lowest BCUT2D eigenvalue weighted by Crippen LogP contribution is -2.41. The Morgan fingerprint density at radius 3 is 2.14 bits per heavy atom. The smallest absolute Gasteiger partial charge is 0.462 e. The molecule has 0 spiro atoms. The molecule has 0 aromatic heterocycles. The predicted molar refractivity (Wildman–Crippen MR) is 114 cm³/mol. The van der Waals surface area contributed by atoms with Crippen LogP contribution in [0.2, 0.25) is 0 Å². The lowest BCUT2D eigenvalue weighted by molar-refractivity contribution is 0.00578. The van der Waals surface area contributed by atoms with Crippen molar-refractivity contribution in [2.75, 3.05) is 6.61 Å². The van der Waals surface area contributed by atoms with Crippen LogP contribution in [0.15, 0.2) is 42.4 Å². The van der Waals surface area contributed by atoms with Crippen molar-refractivity contribution in [3.8, 4) is 0 Å². The van der Waals surface area contributed by atoms with Gasteiger partial charge < -0.3 is 14.0 Å². The second kappa shape index (κ2) is 10.8. The quantitative estimate of drug-likeness (QED) is 0.275. The molecule has 154 valence electrons. The van der Waals surface area contributed by atoms with E-state index in [1.807, 2.05) is 24.2 Å². The van der Waals surface area contributed by atoms with Gasteiger partial charge in [0, 0.05) is 0 Å². The molecule has 1 aliphatic rings. The van der Waals surface area contributed by atoms with Crippen LogP contribution in [0.25, 0.3) is 0 Å². The molecule has 1 aromatic carbocycles. The summed E-state index contributed by atoms with van der Waals surface area (Å²) < 4.78 is 17.2. The summed E-state index contributed by atoms with van der Waals surface area (Å²) in [6.45, 7) is 8.80. The number of ether oxygens (including phenoxy) is 1. The van der Waals surface area contributed by atoms with Crippen LogP contribution in [-0.2, 0) is 14.0 Å². The van der Waals surface area contributed by atoms with Gasteiger partial charge in [0.1, 0.15) is 0 Å². The molecule has 1 saturated heterocycles. The molecular formula is C23H35BO4. The molecule has 28 heavy (non-hydrogen) atoms. The minimum absolute atomic E-state index is 0.227. The van der Waals surface area contributed by atoms with Crippen molar-refractivity contribution >= 4 is 13.1 Å². The van der Waals surface area contributed by atoms with Crippen molar-refractivity contribution in [1.82, 2.24) is 0 Å². The zero-order valence-electron chi connectivity index (χ0n) is 17.9. The summed E-state index contributed by atoms with van der Waals surface area (Å²) in [6, 6.07) is 9.15. The van der Waals surface area contributed by atoms with E-state index < -0.39 is 0 Å². The fraction of sp³-hybridized carbons (Fsp3) is 0.609. The first-order valence-corrected chi connectivity index (χ1v) is 10.6. The van der Waals surface area contributed by atoms with Gasteiger partial charge in [-0.3, -0.25) is 0 Å². The Morgan fingerprint density at radius 1 is 0.929 bits per heavy atom. The average molecular weight is 386 g/mol. The SMILES string of the molecule is CC1(C)OB(/C=C\CCCCCCCCOC(=O)c2ccccc2)OC1(C)C. The third kappa shape index (κ3) is 7.10. The van der Waals surface area contributed by atoms with E-state index in [9.17, 15) is 4.79 Å². The highest BCUT2D eigenvalue weighted by Crippen LogP contribution is 2.36. The van der Waals surface area contributed by atoms with Crippen LogP contribution >= 0.6 is 0 Å². The Hall–Kier alpha value is -1.59. The Morgan fingerprint density at radius 2 is 1.50 bits per heavy atom. The maximum absolute atomic E-state index is 11.8. The number of carbonyl (C=O) groups excluding carboxylic acids is 1. The van der Waals surface area contributed by atoms with E-state index in [0.717, 1.165) is 19.3 Å². The summed E-state index contributed by atoms with van der Waals surface area (Å²) in [5, 5.41) is 0. The Bertz CT molecular complexity index is 609. The molecule has 5 heteroatoms. The minimum atomic E-state index is -0.266. The van der Waals surface area contributed by atoms with Gasteiger partial charge in [0.25, 0.3) is 0 Å². The first-order chi connectivity index (χ1) is 13.3. The summed E-state index contributed by atoms with van der Waals surface area (Å²) in [5.41, 5.74) is 0.0885. The first-order valence-electron chi connectivity index (χ1n) is 10.6. The second-order valence-corrected chi connectivity index (χ2v) is 8.46. The van der Waals surface area contributed by atoms with Crippen LogP contribution in [-0.4, -0.2) is 30.9 Å². The van der Waals surface area contributed by atoms with Gasteiger partial charge in [-0.25, -0.2) is 4.79 Å². The highest BCUT2D eigenvalue weighted by Gasteiger charge is 2.49. The number of rotatable bonds is 11. The van der Waals surface area contributed by atoms with E-state index in [4.69, 9.17) is 14.0 Å². The number of carbonyl (C=O) groups is 1. The molecule has 0 bridgehead atoms. The lowest BCUT2D eigenvalue weighted by Gasteiger charge is -2.32. The fourth-order valence-electron chi connectivity index (χ4n) is 3.07. The van der Waals surface area contributed by atoms with Crippen LogP contribution in [0.1, 0.15) is 83.0 Å². The second-order valence-electron chi connectivity index (χ2n) is 8.46. The Labute approximate surface area is 170 Å². The lowest BCUT2D eigenvalue weighted by atomic mass is 9.89. The molecule has 1 heterocycles. The van der Waals surface area contributed by atoms with Gasteiger partial charge >= 0.3 is 13.1 Å². The van der Waals surface area contributed by atoms with E-state index >= 15 is 0 Å². The van der Waals surface area contributed by atoms with E-state index in [1.54, 1.807) is 12.1 Å². The van der Waals surface area contributed by atoms with Crippen molar-refractivity contribution in [2.45, 2.75) is 83.8 Å². The molecule has 1 aliphatic heterocycles. The molecular weight excluding hydrogens is 351 g/mol. The largest absolute Gasteiger partial charge is 0.486 e. The molecule has 0 N–H and O–H groups in total. The van der Waals surface area contributed by atoms with E-state index in [1.165, 1.54) is 25.7 Å². The van der Waals surface area contributed by atoms with E-state index in [0.29, 0.717) is 12.2 Å². The topological polar surface area (TPSA) is 44.8 Å². The normalized spacial score (nSPS) is 17.9. The van der Waals surface area contributed by atoms with Gasteiger partial charge in [0.15, 0.2) is 0 Å². The molecule has 0 atom stereocenters. The van der Waals surface area contributed by atoms with Crippen LogP contribution in [0.3, 0.4) is 0 Å². The van der Waals surface area contributed by atoms with Gasteiger partial charge in [0.2, 0.25) is 0 Å². The summed E-state index contributed by atoms with van der Waals surface area (Å²) in [7, 11) is -0.233. The van der Waals surface area contributed by atoms with Crippen molar-refractivity contribution < 1.29 is 18.8 Å². The molecule has 0 amide bonds. The zero-order valence-corrected chi connectivity index (χ0v) is 17.9. The minimum Gasteiger partial charge on any atom is -0.462 e. The molecule has 4 nitrogen and oxygen atoms in total. The average Bonchev–Trinajstić information content (AvgIpc) is 2.86. The van der Waals surface area contributed by atoms with Crippen molar-refractivity contribution in [3.63, 3.8) is 0 Å². The monoisotopic (exact) mass is 386 g/mol. The molecule has 0 radical (unpaired) electrons. The summed E-state index contributed by atoms with van der Waals surface area (Å²) >= 11 is 0. The van der Waals surface area contributed by atoms with Crippen molar-refractivity contribution in [1.29, 1.82) is 0 Å². The number of hydrogen-bond acceptors (Lipinski definition) is 4. The highest BCUT2D eigenvalue weighted by molar-refractivity contribution is 6.51. The van der Waals surface area contributed by atoms with Gasteiger partial charge in [-0.2, -0.15) is 0 Å². The van der Waals surface area contributed by atoms with Gasteiger partial charge in [-0.05, 0) is 59.1 Å². The molecule has 0 unspecified atom stereocenters. The maximum atomic E-state index is 11.8. The Kier molecular flexibility index (Phi) is 8.77. The third-order valence-electron chi connectivity index (χ3n) is 5.57. The third-order valence-corrected chi connectivity index (χ3v) is 5.57. The van der Waals surface area contributed by atoms with Gasteiger partial charge in [0.05, 0.1) is 23.4 Å². The fourth-order valence-corrected chi connectivity index (χ4v) is 3.07. The molecule has 0 saturated carbocycles. The van der Waals surface area contributed by atoms with Gasteiger partial charge in [-0.15, -0.1) is 0 Å². The molecule has 0 aliphatic carbocycles. The van der Waals surface area contributed by atoms with Gasteiger partial charge in [-0.1, -0.05) is 55.9 Å². The van der Waals surface area contributed by atoms with Crippen LogP contribution in [0.5, 0.6) is 0 Å². The van der Waals surface area contributed by atoms with Crippen LogP contribution in [0.4, 0.5) is 0 Å². The number of unbranched alkanes of at least 4 members (excludes halogenated alkanes) is 6. The first kappa shape index (κ1) is 22.7. The summed E-state index contributed by atoms with van der Waals surface area (Å²) in [6.07, 6.45) is 10.1. The zero-order chi connectivity index (χ0) is 20.5. The molecule has 2 rings (SSSR count). The highest BCUT2D eigenvalue weighted by atomic mass is 16.7. The van der Waals surface area contributed by atoms with E-state index in [2.05, 4.69) is 33.8 Å². The maximum Gasteiger partial charge on any atom is 0.486 e. The number of allylic oxidation sites excluding steroid dienone is 1. The number of hydrogen-bond donors (Lipinski definition) is 0. The number of esters is 1. The number of benzene rings is 1. The Balaban J connectivity index is 1.44. The standard InChI is InChI=1S/C23H35BO4/c1-22(2)23(3,4)28-24(27-22)18-14-9-7-5-6-8-10-15-19-26-21(25)20-16-12-11-13-17-20/h11-14,16-18H,5-10,15,19H2,1-4H3/b18-14-. The predicted octanol–water partition coefficient (Wildman–Crippen LogP) is 5.76. The molecule has 1 fully saturated rings. The van der Waals surface area contributed by atoms with Crippen molar-refractivity contribution in [2.24, 2.45) is 0 Å². The summed E-state index contributed by atoms with van der Waals surface area (Å²) in [4.78, 5) is 11.8. The van der Waals surface area contributed by atoms with Crippen molar-refractivity contribution in [3.05, 3.63) is 47.9 Å².